The summed E-state index contributed by atoms with van der Waals surface area (Å²) >= 11 is 0. The molecule has 0 aliphatic rings. The highest BCUT2D eigenvalue weighted by atomic mass is 16.3. The van der Waals surface area contributed by atoms with E-state index in [0.717, 1.165) is 0 Å². The summed E-state index contributed by atoms with van der Waals surface area (Å²) in [4.78, 5) is 0. The van der Waals surface area contributed by atoms with E-state index in [1.807, 2.05) is 0 Å². The van der Waals surface area contributed by atoms with Gasteiger partial charge in [-0.15, -0.1) is 0 Å². The van der Waals surface area contributed by atoms with Gasteiger partial charge in [0.05, 0.1) is 5.60 Å². The summed E-state index contributed by atoms with van der Waals surface area (Å²) in [5, 5.41) is 8.91. The van der Waals surface area contributed by atoms with Gasteiger partial charge in [0, 0.05) is 6.04 Å². The fraction of sp³-hybridized carbons (Fsp3) is 1.00. The Morgan fingerprint density at radius 3 is 1.71 bits per heavy atom. The molecule has 0 rings (SSSR count). The predicted octanol–water partition coefficient (Wildman–Crippen LogP) is 0.429. The molecule has 0 bridgehead atoms. The lowest BCUT2D eigenvalue weighted by molar-refractivity contribution is 0.0557. The van der Waals surface area contributed by atoms with Gasteiger partial charge in [-0.05, 0) is 20.8 Å². The highest BCUT2D eigenvalue weighted by molar-refractivity contribution is 4.74. The van der Waals surface area contributed by atoms with Crippen molar-refractivity contribution in [2.75, 3.05) is 0 Å². The Balaban J connectivity index is 3.54. The molecule has 43 valence electrons. The Labute approximate surface area is 44.3 Å². The summed E-state index contributed by atoms with van der Waals surface area (Å²) in [6.07, 6.45) is 0. The standard InChI is InChI=1S/C5H12NO/c1-4(6)5(2,3)7/h4,6-7H,1-3H3/t4-/m0/s1. The topological polar surface area (TPSA) is 44.0 Å². The van der Waals surface area contributed by atoms with Crippen LogP contribution in [-0.4, -0.2) is 16.7 Å². The summed E-state index contributed by atoms with van der Waals surface area (Å²) in [5.41, 5.74) is 6.15. The lowest BCUT2D eigenvalue weighted by Gasteiger charge is -2.19. The van der Waals surface area contributed by atoms with Crippen LogP contribution in [0.5, 0.6) is 0 Å². The molecular weight excluding hydrogens is 90.1 g/mol. The fourth-order valence-electron chi connectivity index (χ4n) is 0. The Morgan fingerprint density at radius 1 is 1.57 bits per heavy atom. The molecule has 0 saturated carbocycles. The van der Waals surface area contributed by atoms with Gasteiger partial charge in [0.2, 0.25) is 0 Å². The molecule has 7 heavy (non-hydrogen) atoms. The molecule has 0 aromatic carbocycles. The molecule has 0 aromatic heterocycles. The number of nitrogens with one attached hydrogen (secondary N) is 1. The normalized spacial score (nSPS) is 16.7. The van der Waals surface area contributed by atoms with Gasteiger partial charge in [0.15, 0.2) is 0 Å². The van der Waals surface area contributed by atoms with Crippen molar-refractivity contribution >= 4 is 0 Å². The van der Waals surface area contributed by atoms with E-state index in [4.69, 9.17) is 10.8 Å². The minimum Gasteiger partial charge on any atom is -0.389 e. The first-order valence-electron chi connectivity index (χ1n) is 2.38. The molecule has 0 aliphatic heterocycles. The zero-order chi connectivity index (χ0) is 6.08. The van der Waals surface area contributed by atoms with Crippen LogP contribution in [0.4, 0.5) is 0 Å². The first kappa shape index (κ1) is 6.92. The van der Waals surface area contributed by atoms with Gasteiger partial charge in [-0.1, -0.05) is 0 Å². The fourth-order valence-corrected chi connectivity index (χ4v) is 0. The number of hydrogen-bond acceptors (Lipinski definition) is 1. The number of hydrogen-bond donors (Lipinski definition) is 1. The van der Waals surface area contributed by atoms with Crippen LogP contribution in [0.15, 0.2) is 0 Å². The van der Waals surface area contributed by atoms with Crippen molar-refractivity contribution in [1.29, 1.82) is 0 Å². The molecule has 0 aliphatic carbocycles. The minimum absolute atomic E-state index is 0.396. The zero-order valence-corrected chi connectivity index (χ0v) is 5.02. The number of rotatable bonds is 1. The Kier molecular flexibility index (Phi) is 1.78. The maximum Gasteiger partial charge on any atom is 0.0754 e. The Morgan fingerprint density at radius 2 is 1.71 bits per heavy atom. The molecule has 0 fully saturated rings. The SMILES string of the molecule is C[C@H]([NH])C(C)(C)O. The van der Waals surface area contributed by atoms with Gasteiger partial charge in [0.1, 0.15) is 0 Å². The van der Waals surface area contributed by atoms with Gasteiger partial charge in [-0.3, -0.25) is 5.73 Å². The first-order chi connectivity index (χ1) is 2.94. The van der Waals surface area contributed by atoms with Gasteiger partial charge in [-0.2, -0.15) is 0 Å². The molecule has 2 N–H and O–H groups in total. The maximum atomic E-state index is 8.91. The second-order valence-electron chi connectivity index (χ2n) is 2.38. The van der Waals surface area contributed by atoms with Crippen molar-refractivity contribution in [3.63, 3.8) is 0 Å². The quantitative estimate of drug-likeness (QED) is 0.512. The van der Waals surface area contributed by atoms with E-state index in [2.05, 4.69) is 0 Å². The molecule has 1 atom stereocenters. The summed E-state index contributed by atoms with van der Waals surface area (Å²) < 4.78 is 0. The van der Waals surface area contributed by atoms with Crippen LogP contribution in [-0.2, 0) is 0 Å². The van der Waals surface area contributed by atoms with Crippen LogP contribution in [0, 0.1) is 0 Å². The van der Waals surface area contributed by atoms with Gasteiger partial charge in [-0.25, -0.2) is 0 Å². The molecule has 0 amide bonds. The molecule has 1 radical (unpaired) electrons. The Bertz CT molecular complexity index is 53.6. The van der Waals surface area contributed by atoms with Gasteiger partial charge < -0.3 is 5.11 Å². The third-order valence-electron chi connectivity index (χ3n) is 1.06. The highest BCUT2D eigenvalue weighted by Gasteiger charge is 2.17. The molecule has 0 unspecified atom stereocenters. The van der Waals surface area contributed by atoms with Gasteiger partial charge in [0.25, 0.3) is 0 Å². The van der Waals surface area contributed by atoms with Crippen LogP contribution in [0.3, 0.4) is 0 Å². The van der Waals surface area contributed by atoms with Crippen LogP contribution in [0.25, 0.3) is 0 Å². The first-order valence-corrected chi connectivity index (χ1v) is 2.38. The zero-order valence-electron chi connectivity index (χ0n) is 5.02. The monoisotopic (exact) mass is 102 g/mol. The lowest BCUT2D eigenvalue weighted by atomic mass is 10.0. The van der Waals surface area contributed by atoms with E-state index >= 15 is 0 Å². The minimum atomic E-state index is -0.833. The highest BCUT2D eigenvalue weighted by Crippen LogP contribution is 2.04. The summed E-state index contributed by atoms with van der Waals surface area (Å²) in [6.45, 7) is 4.93. The van der Waals surface area contributed by atoms with E-state index in [0.29, 0.717) is 0 Å². The van der Waals surface area contributed by atoms with E-state index in [-0.39, 0.29) is 0 Å². The van der Waals surface area contributed by atoms with E-state index in [1.165, 1.54) is 0 Å². The van der Waals surface area contributed by atoms with E-state index in [1.54, 1.807) is 20.8 Å². The molecule has 0 spiro atoms. The van der Waals surface area contributed by atoms with Crippen molar-refractivity contribution in [2.45, 2.75) is 32.4 Å². The van der Waals surface area contributed by atoms with Gasteiger partial charge >= 0.3 is 0 Å². The molecule has 0 saturated heterocycles. The number of aliphatic hydroxyl groups is 1. The average molecular weight is 102 g/mol. The average Bonchev–Trinajstić information content (AvgIpc) is 1.31. The van der Waals surface area contributed by atoms with E-state index < -0.39 is 11.6 Å². The van der Waals surface area contributed by atoms with Crippen molar-refractivity contribution in [3.05, 3.63) is 0 Å². The van der Waals surface area contributed by atoms with Crippen LogP contribution >= 0.6 is 0 Å². The molecule has 0 heterocycles. The molecule has 2 nitrogen and oxygen atoms in total. The smallest absolute Gasteiger partial charge is 0.0754 e. The van der Waals surface area contributed by atoms with Crippen molar-refractivity contribution in [3.8, 4) is 0 Å². The van der Waals surface area contributed by atoms with Crippen LogP contribution in [0.1, 0.15) is 20.8 Å². The molecular formula is C5H12NO. The summed E-state index contributed by atoms with van der Waals surface area (Å²) in [6, 6.07) is -0.396. The van der Waals surface area contributed by atoms with E-state index in [9.17, 15) is 0 Å². The second kappa shape index (κ2) is 1.80. The van der Waals surface area contributed by atoms with Crippen LogP contribution < -0.4 is 5.73 Å². The van der Waals surface area contributed by atoms with Crippen molar-refractivity contribution < 1.29 is 5.11 Å². The molecule has 0 aromatic rings. The third-order valence-corrected chi connectivity index (χ3v) is 1.06. The maximum absolute atomic E-state index is 8.91. The Hall–Kier alpha value is -0.0800. The second-order valence-corrected chi connectivity index (χ2v) is 2.38. The van der Waals surface area contributed by atoms with Crippen LogP contribution in [0.2, 0.25) is 0 Å². The lowest BCUT2D eigenvalue weighted by Crippen LogP contribution is -2.34. The molecule has 2 heteroatoms. The summed E-state index contributed by atoms with van der Waals surface area (Å²) in [5.74, 6) is 0. The van der Waals surface area contributed by atoms with Crippen molar-refractivity contribution in [1.82, 2.24) is 5.73 Å². The predicted molar refractivity (Wildman–Crippen MR) is 28.9 cm³/mol. The largest absolute Gasteiger partial charge is 0.389 e. The summed E-state index contributed by atoms with van der Waals surface area (Å²) in [7, 11) is 0. The third kappa shape index (κ3) is 2.60. The van der Waals surface area contributed by atoms with Crippen molar-refractivity contribution in [2.24, 2.45) is 0 Å².